The van der Waals surface area contributed by atoms with E-state index in [1.165, 1.54) is 31.4 Å². The first-order valence-electron chi connectivity index (χ1n) is 9.61. The Morgan fingerprint density at radius 3 is 2.19 bits per heavy atom. The van der Waals surface area contributed by atoms with Crippen molar-refractivity contribution < 1.29 is 4.79 Å². The molecule has 0 bridgehead atoms. The first kappa shape index (κ1) is 18.8. The molecule has 3 heteroatoms. The zero-order valence-corrected chi connectivity index (χ0v) is 16.5. The molecule has 0 saturated heterocycles. The maximum absolute atomic E-state index is 12.5. The predicted molar refractivity (Wildman–Crippen MR) is 113 cm³/mol. The summed E-state index contributed by atoms with van der Waals surface area (Å²) in [6.07, 6.45) is 6.89. The molecule has 0 unspecified atom stereocenters. The van der Waals surface area contributed by atoms with Gasteiger partial charge in [0, 0.05) is 29.2 Å². The normalized spacial score (nSPS) is 14.7. The van der Waals surface area contributed by atoms with E-state index in [0.717, 1.165) is 34.0 Å². The molecule has 26 heavy (non-hydrogen) atoms. The summed E-state index contributed by atoms with van der Waals surface area (Å²) in [5.74, 6) is 0.141. The van der Waals surface area contributed by atoms with Crippen molar-refractivity contribution in [3.8, 4) is 0 Å². The number of allylic oxidation sites excluding steroid dienone is 1. The number of anilines is 1. The Morgan fingerprint density at radius 2 is 1.58 bits per heavy atom. The van der Waals surface area contributed by atoms with E-state index in [-0.39, 0.29) is 5.78 Å². The number of hydrogen-bond donors (Lipinski definition) is 0. The standard InChI is InChI=1S/C23H27NOS/c1-3-5-15-24(16-6-4-2)19-13-11-18(12-14-19)17-22-23(25)20-9-7-8-10-21(20)26-22/h7-14,17H,3-6,15-16H2,1-2H3. The van der Waals surface area contributed by atoms with Crippen molar-refractivity contribution >= 4 is 29.3 Å². The van der Waals surface area contributed by atoms with Crippen LogP contribution in [0.2, 0.25) is 0 Å². The van der Waals surface area contributed by atoms with Crippen LogP contribution in [-0.4, -0.2) is 18.9 Å². The minimum absolute atomic E-state index is 0.141. The topological polar surface area (TPSA) is 20.3 Å². The molecule has 0 fully saturated rings. The number of carbonyl (C=O) groups excluding carboxylic acids is 1. The van der Waals surface area contributed by atoms with Gasteiger partial charge in [-0.3, -0.25) is 4.79 Å². The Labute approximate surface area is 161 Å². The van der Waals surface area contributed by atoms with Crippen LogP contribution in [0.5, 0.6) is 0 Å². The fraction of sp³-hybridized carbons (Fsp3) is 0.348. The van der Waals surface area contributed by atoms with E-state index in [2.05, 4.69) is 43.0 Å². The third kappa shape index (κ3) is 4.39. The highest BCUT2D eigenvalue weighted by Gasteiger charge is 2.25. The summed E-state index contributed by atoms with van der Waals surface area (Å²) in [5.41, 5.74) is 3.19. The Morgan fingerprint density at radius 1 is 0.923 bits per heavy atom. The number of unbranched alkanes of at least 4 members (excludes halogenated alkanes) is 2. The van der Waals surface area contributed by atoms with Gasteiger partial charge in [-0.05, 0) is 48.7 Å². The zero-order chi connectivity index (χ0) is 18.4. The predicted octanol–water partition coefficient (Wildman–Crippen LogP) is 6.42. The number of Topliss-reactive ketones (excluding diaryl/α,β-unsaturated/α-hetero) is 1. The van der Waals surface area contributed by atoms with Gasteiger partial charge in [-0.2, -0.15) is 0 Å². The SMILES string of the molecule is CCCCN(CCCC)c1ccc(C=C2Sc3ccccc3C2=O)cc1. The van der Waals surface area contributed by atoms with Crippen LogP contribution in [0, 0.1) is 0 Å². The first-order chi connectivity index (χ1) is 12.7. The molecule has 1 aliphatic rings. The second-order valence-electron chi connectivity index (χ2n) is 6.72. The molecule has 3 rings (SSSR count). The van der Waals surface area contributed by atoms with E-state index in [0.29, 0.717) is 0 Å². The van der Waals surface area contributed by atoms with Crippen molar-refractivity contribution in [3.63, 3.8) is 0 Å². The molecule has 136 valence electrons. The van der Waals surface area contributed by atoms with E-state index < -0.39 is 0 Å². The van der Waals surface area contributed by atoms with Crippen LogP contribution >= 0.6 is 11.8 Å². The number of thioether (sulfide) groups is 1. The van der Waals surface area contributed by atoms with Crippen molar-refractivity contribution in [2.75, 3.05) is 18.0 Å². The van der Waals surface area contributed by atoms with Crippen LogP contribution in [0.4, 0.5) is 5.69 Å². The summed E-state index contributed by atoms with van der Waals surface area (Å²) in [6.45, 7) is 6.70. The summed E-state index contributed by atoms with van der Waals surface area (Å²) in [6, 6.07) is 16.5. The molecule has 1 heterocycles. The molecule has 2 nitrogen and oxygen atoms in total. The number of nitrogens with zero attached hydrogens (tertiary/aromatic N) is 1. The minimum atomic E-state index is 0.141. The molecular formula is C23H27NOS. The number of carbonyl (C=O) groups is 1. The van der Waals surface area contributed by atoms with Crippen LogP contribution < -0.4 is 4.90 Å². The summed E-state index contributed by atoms with van der Waals surface area (Å²) in [4.78, 5) is 16.9. The van der Waals surface area contributed by atoms with Gasteiger partial charge in [0.2, 0.25) is 5.78 Å². The summed E-state index contributed by atoms with van der Waals surface area (Å²) in [5, 5.41) is 0. The molecule has 2 aromatic rings. The smallest absolute Gasteiger partial charge is 0.200 e. The molecule has 0 N–H and O–H groups in total. The molecule has 1 aliphatic heterocycles. The van der Waals surface area contributed by atoms with Crippen molar-refractivity contribution in [1.82, 2.24) is 0 Å². The van der Waals surface area contributed by atoms with Gasteiger partial charge in [0.25, 0.3) is 0 Å². The van der Waals surface area contributed by atoms with Crippen LogP contribution in [0.1, 0.15) is 55.5 Å². The van der Waals surface area contributed by atoms with Crippen LogP contribution in [0.25, 0.3) is 6.08 Å². The van der Waals surface area contributed by atoms with Crippen LogP contribution in [-0.2, 0) is 0 Å². The fourth-order valence-electron chi connectivity index (χ4n) is 3.14. The third-order valence-corrected chi connectivity index (χ3v) is 5.79. The highest BCUT2D eigenvalue weighted by molar-refractivity contribution is 8.04. The zero-order valence-electron chi connectivity index (χ0n) is 15.7. The molecule has 0 spiro atoms. The lowest BCUT2D eigenvalue weighted by Crippen LogP contribution is -2.25. The number of hydrogen-bond acceptors (Lipinski definition) is 3. The van der Waals surface area contributed by atoms with E-state index in [9.17, 15) is 4.79 Å². The number of ketones is 1. The maximum atomic E-state index is 12.5. The second-order valence-corrected chi connectivity index (χ2v) is 7.81. The molecule has 0 aromatic heterocycles. The van der Waals surface area contributed by atoms with Gasteiger partial charge in [-0.25, -0.2) is 0 Å². The Kier molecular flexibility index (Phi) is 6.56. The van der Waals surface area contributed by atoms with E-state index in [1.807, 2.05) is 30.3 Å². The van der Waals surface area contributed by atoms with E-state index in [1.54, 1.807) is 11.8 Å². The quantitative estimate of drug-likeness (QED) is 0.503. The lowest BCUT2D eigenvalue weighted by Gasteiger charge is -2.24. The van der Waals surface area contributed by atoms with E-state index in [4.69, 9.17) is 0 Å². The highest BCUT2D eigenvalue weighted by atomic mass is 32.2. The number of benzene rings is 2. The lowest BCUT2D eigenvalue weighted by atomic mass is 10.1. The maximum Gasteiger partial charge on any atom is 0.200 e. The lowest BCUT2D eigenvalue weighted by molar-refractivity contribution is 0.104. The molecule has 0 atom stereocenters. The molecule has 0 radical (unpaired) electrons. The van der Waals surface area contributed by atoms with Gasteiger partial charge in [0.1, 0.15) is 0 Å². The van der Waals surface area contributed by atoms with Gasteiger partial charge in [-0.1, -0.05) is 62.7 Å². The summed E-state index contributed by atoms with van der Waals surface area (Å²) < 4.78 is 0. The van der Waals surface area contributed by atoms with Gasteiger partial charge >= 0.3 is 0 Å². The monoisotopic (exact) mass is 365 g/mol. The van der Waals surface area contributed by atoms with Gasteiger partial charge in [-0.15, -0.1) is 0 Å². The summed E-state index contributed by atoms with van der Waals surface area (Å²) in [7, 11) is 0. The minimum Gasteiger partial charge on any atom is -0.372 e. The Hall–Kier alpha value is -2.00. The number of fused-ring (bicyclic) bond motifs is 1. The van der Waals surface area contributed by atoms with Gasteiger partial charge in [0.15, 0.2) is 0 Å². The molecule has 0 saturated carbocycles. The highest BCUT2D eigenvalue weighted by Crippen LogP contribution is 2.40. The van der Waals surface area contributed by atoms with Gasteiger partial charge < -0.3 is 4.90 Å². The molecule has 0 amide bonds. The van der Waals surface area contributed by atoms with Crippen LogP contribution in [0.15, 0.2) is 58.3 Å². The van der Waals surface area contributed by atoms with Crippen molar-refractivity contribution in [1.29, 1.82) is 0 Å². The van der Waals surface area contributed by atoms with Crippen molar-refractivity contribution in [2.24, 2.45) is 0 Å². The van der Waals surface area contributed by atoms with E-state index >= 15 is 0 Å². The summed E-state index contributed by atoms with van der Waals surface area (Å²) >= 11 is 1.57. The second kappa shape index (κ2) is 9.09. The Balaban J connectivity index is 1.74. The van der Waals surface area contributed by atoms with Gasteiger partial charge in [0.05, 0.1) is 4.91 Å². The average molecular weight is 366 g/mol. The first-order valence-corrected chi connectivity index (χ1v) is 10.4. The number of rotatable bonds is 8. The average Bonchev–Trinajstić information content (AvgIpc) is 2.99. The largest absolute Gasteiger partial charge is 0.372 e. The third-order valence-electron chi connectivity index (χ3n) is 4.69. The van der Waals surface area contributed by atoms with Crippen molar-refractivity contribution in [3.05, 3.63) is 64.6 Å². The molecule has 2 aromatic carbocycles. The Bertz CT molecular complexity index is 771. The fourth-order valence-corrected chi connectivity index (χ4v) is 4.19. The molecular weight excluding hydrogens is 338 g/mol. The van der Waals surface area contributed by atoms with Crippen LogP contribution in [0.3, 0.4) is 0 Å². The molecule has 0 aliphatic carbocycles. The van der Waals surface area contributed by atoms with Crippen molar-refractivity contribution in [2.45, 2.75) is 44.4 Å².